The van der Waals surface area contributed by atoms with Crippen LogP contribution in [0.4, 0.5) is 0 Å². The summed E-state index contributed by atoms with van der Waals surface area (Å²) in [7, 11) is 0. The molecule has 1 nitrogen and oxygen atoms in total. The Morgan fingerprint density at radius 3 is 2.50 bits per heavy atom. The van der Waals surface area contributed by atoms with Crippen LogP contribution in [0.25, 0.3) is 21.9 Å². The van der Waals surface area contributed by atoms with E-state index in [-0.39, 0.29) is 5.60 Å². The fraction of sp³-hybridized carbons (Fsp3) is 0.238. The SMILES string of the molecule is Cc1ccc2cc3c(c(-c4ccccc4)c2c1)C(C)(C)OC3. The molecule has 0 N–H and O–H groups in total. The lowest BCUT2D eigenvalue weighted by atomic mass is 9.84. The first kappa shape index (κ1) is 13.5. The quantitative estimate of drug-likeness (QED) is 0.568. The van der Waals surface area contributed by atoms with Crippen LogP contribution >= 0.6 is 0 Å². The molecule has 3 aromatic carbocycles. The molecule has 0 saturated carbocycles. The molecule has 0 fully saturated rings. The summed E-state index contributed by atoms with van der Waals surface area (Å²) in [6.45, 7) is 7.20. The van der Waals surface area contributed by atoms with Crippen LogP contribution in [0, 0.1) is 6.92 Å². The third kappa shape index (κ3) is 1.97. The highest BCUT2D eigenvalue weighted by atomic mass is 16.5. The Kier molecular flexibility index (Phi) is 2.88. The van der Waals surface area contributed by atoms with E-state index in [4.69, 9.17) is 4.74 Å². The molecule has 1 heterocycles. The van der Waals surface area contributed by atoms with Crippen molar-refractivity contribution in [2.45, 2.75) is 33.0 Å². The van der Waals surface area contributed by atoms with Gasteiger partial charge in [-0.2, -0.15) is 0 Å². The second-order valence-corrected chi connectivity index (χ2v) is 6.68. The summed E-state index contributed by atoms with van der Waals surface area (Å²) < 4.78 is 6.07. The van der Waals surface area contributed by atoms with Gasteiger partial charge >= 0.3 is 0 Å². The molecule has 0 unspecified atom stereocenters. The first-order valence-corrected chi connectivity index (χ1v) is 7.82. The molecule has 22 heavy (non-hydrogen) atoms. The zero-order valence-electron chi connectivity index (χ0n) is 13.3. The minimum atomic E-state index is -0.238. The number of ether oxygens (including phenoxy) is 1. The van der Waals surface area contributed by atoms with Crippen molar-refractivity contribution in [2.24, 2.45) is 0 Å². The molecule has 0 spiro atoms. The van der Waals surface area contributed by atoms with E-state index in [1.54, 1.807) is 0 Å². The number of hydrogen-bond donors (Lipinski definition) is 0. The lowest BCUT2D eigenvalue weighted by Gasteiger charge is -2.23. The van der Waals surface area contributed by atoms with Gasteiger partial charge < -0.3 is 4.74 Å². The highest BCUT2D eigenvalue weighted by molar-refractivity contribution is 6.00. The maximum absolute atomic E-state index is 6.07. The summed E-state index contributed by atoms with van der Waals surface area (Å²) in [5.41, 5.74) is 6.32. The molecule has 3 aromatic rings. The van der Waals surface area contributed by atoms with Crippen molar-refractivity contribution in [1.82, 2.24) is 0 Å². The smallest absolute Gasteiger partial charge is 0.0889 e. The van der Waals surface area contributed by atoms with Crippen molar-refractivity contribution in [3.63, 3.8) is 0 Å². The van der Waals surface area contributed by atoms with Crippen molar-refractivity contribution in [3.8, 4) is 11.1 Å². The zero-order chi connectivity index (χ0) is 15.3. The topological polar surface area (TPSA) is 9.23 Å². The molecule has 4 rings (SSSR count). The minimum Gasteiger partial charge on any atom is -0.366 e. The zero-order valence-corrected chi connectivity index (χ0v) is 13.3. The highest BCUT2D eigenvalue weighted by Crippen LogP contribution is 2.45. The van der Waals surface area contributed by atoms with Crippen LogP contribution in [0.1, 0.15) is 30.5 Å². The fourth-order valence-electron chi connectivity index (χ4n) is 3.60. The third-order valence-corrected chi connectivity index (χ3v) is 4.63. The molecule has 1 aliphatic rings. The summed E-state index contributed by atoms with van der Waals surface area (Å²) in [4.78, 5) is 0. The van der Waals surface area contributed by atoms with Crippen LogP contribution in [0.5, 0.6) is 0 Å². The summed E-state index contributed by atoms with van der Waals surface area (Å²) in [6, 6.07) is 19.7. The summed E-state index contributed by atoms with van der Waals surface area (Å²) in [5.74, 6) is 0. The van der Waals surface area contributed by atoms with Gasteiger partial charge in [-0.3, -0.25) is 0 Å². The monoisotopic (exact) mass is 288 g/mol. The molecule has 0 radical (unpaired) electrons. The van der Waals surface area contributed by atoms with Crippen molar-refractivity contribution in [3.05, 3.63) is 71.3 Å². The van der Waals surface area contributed by atoms with Crippen molar-refractivity contribution in [1.29, 1.82) is 0 Å². The average molecular weight is 288 g/mol. The second kappa shape index (κ2) is 4.69. The van der Waals surface area contributed by atoms with Gasteiger partial charge in [0.2, 0.25) is 0 Å². The molecule has 1 aliphatic heterocycles. The standard InChI is InChI=1S/C21H20O/c1-14-9-10-16-12-17-13-22-21(2,3)20(17)19(18(16)11-14)15-7-5-4-6-8-15/h4-12H,13H2,1-3H3. The van der Waals surface area contributed by atoms with Gasteiger partial charge in [-0.05, 0) is 59.9 Å². The van der Waals surface area contributed by atoms with E-state index in [0.29, 0.717) is 6.61 Å². The van der Waals surface area contributed by atoms with Crippen LogP contribution in [0.2, 0.25) is 0 Å². The van der Waals surface area contributed by atoms with Gasteiger partial charge in [0, 0.05) is 0 Å². The van der Waals surface area contributed by atoms with Crippen molar-refractivity contribution in [2.75, 3.05) is 0 Å². The van der Waals surface area contributed by atoms with Gasteiger partial charge in [0.1, 0.15) is 0 Å². The number of rotatable bonds is 1. The minimum absolute atomic E-state index is 0.238. The third-order valence-electron chi connectivity index (χ3n) is 4.63. The molecular formula is C21H20O. The molecule has 0 amide bonds. The first-order valence-electron chi connectivity index (χ1n) is 7.82. The van der Waals surface area contributed by atoms with Gasteiger partial charge in [-0.25, -0.2) is 0 Å². The summed E-state index contributed by atoms with van der Waals surface area (Å²) in [6.07, 6.45) is 0. The van der Waals surface area contributed by atoms with Crippen LogP contribution in [-0.4, -0.2) is 0 Å². The predicted molar refractivity (Wildman–Crippen MR) is 91.9 cm³/mol. The van der Waals surface area contributed by atoms with Gasteiger partial charge in [-0.1, -0.05) is 54.1 Å². The normalized spacial score (nSPS) is 16.0. The molecule has 0 aliphatic carbocycles. The Labute approximate surface area is 131 Å². The summed E-state index contributed by atoms with van der Waals surface area (Å²) in [5, 5.41) is 2.62. The molecule has 0 saturated heterocycles. The van der Waals surface area contributed by atoms with E-state index in [0.717, 1.165) is 0 Å². The number of aryl methyl sites for hydroxylation is 1. The number of hydrogen-bond acceptors (Lipinski definition) is 1. The van der Waals surface area contributed by atoms with Crippen LogP contribution in [-0.2, 0) is 16.9 Å². The summed E-state index contributed by atoms with van der Waals surface area (Å²) >= 11 is 0. The molecule has 1 heteroatoms. The average Bonchev–Trinajstić information content (AvgIpc) is 2.81. The predicted octanol–water partition coefficient (Wildman–Crippen LogP) is 5.58. The van der Waals surface area contributed by atoms with Gasteiger partial charge in [0.05, 0.1) is 12.2 Å². The lowest BCUT2D eigenvalue weighted by molar-refractivity contribution is -0.00757. The Morgan fingerprint density at radius 2 is 1.73 bits per heavy atom. The number of fused-ring (bicyclic) bond motifs is 2. The second-order valence-electron chi connectivity index (χ2n) is 6.68. The highest BCUT2D eigenvalue weighted by Gasteiger charge is 2.34. The molecule has 110 valence electrons. The van der Waals surface area contributed by atoms with Crippen LogP contribution in [0.3, 0.4) is 0 Å². The van der Waals surface area contributed by atoms with E-state index in [1.807, 2.05) is 0 Å². The fourth-order valence-corrected chi connectivity index (χ4v) is 3.60. The van der Waals surface area contributed by atoms with E-state index in [2.05, 4.69) is 75.4 Å². The van der Waals surface area contributed by atoms with E-state index >= 15 is 0 Å². The van der Waals surface area contributed by atoms with E-state index in [9.17, 15) is 0 Å². The van der Waals surface area contributed by atoms with Crippen molar-refractivity contribution < 1.29 is 4.74 Å². The Balaban J connectivity index is 2.17. The maximum atomic E-state index is 6.07. The largest absolute Gasteiger partial charge is 0.366 e. The van der Waals surface area contributed by atoms with Gasteiger partial charge in [0.15, 0.2) is 0 Å². The molecule has 0 aromatic heterocycles. The molecule has 0 bridgehead atoms. The molecular weight excluding hydrogens is 268 g/mol. The Hall–Kier alpha value is -2.12. The first-order chi connectivity index (χ1) is 10.6. The van der Waals surface area contributed by atoms with Gasteiger partial charge in [-0.15, -0.1) is 0 Å². The Morgan fingerprint density at radius 1 is 0.955 bits per heavy atom. The van der Waals surface area contributed by atoms with E-state index in [1.165, 1.54) is 38.6 Å². The van der Waals surface area contributed by atoms with Gasteiger partial charge in [0.25, 0.3) is 0 Å². The molecule has 0 atom stereocenters. The Bertz CT molecular complexity index is 860. The lowest BCUT2D eigenvalue weighted by Crippen LogP contribution is -2.16. The van der Waals surface area contributed by atoms with Crippen molar-refractivity contribution >= 4 is 10.8 Å². The maximum Gasteiger partial charge on any atom is 0.0889 e. The van der Waals surface area contributed by atoms with Crippen LogP contribution < -0.4 is 0 Å². The number of benzene rings is 3. The van der Waals surface area contributed by atoms with E-state index < -0.39 is 0 Å². The van der Waals surface area contributed by atoms with Crippen LogP contribution in [0.15, 0.2) is 54.6 Å².